The van der Waals surface area contributed by atoms with Crippen molar-refractivity contribution in [1.29, 1.82) is 0 Å². The van der Waals surface area contributed by atoms with Crippen LogP contribution < -0.4 is 10.1 Å². The number of nitrogens with zero attached hydrogens (tertiary/aromatic N) is 2. The number of amides is 1. The SMILES string of the molecule is O=C(c1ccccc1)N1CCN(C(=S)Nc2ccc(Oc3ccccc3)cc2)CC1. The number of nitrogens with one attached hydrogen (secondary N) is 1. The van der Waals surface area contributed by atoms with Gasteiger partial charge in [-0.2, -0.15) is 0 Å². The van der Waals surface area contributed by atoms with Gasteiger partial charge in [0.1, 0.15) is 11.5 Å². The summed E-state index contributed by atoms with van der Waals surface area (Å²) in [7, 11) is 0. The molecular formula is C24H23N3O2S. The number of hydrogen-bond donors (Lipinski definition) is 1. The summed E-state index contributed by atoms with van der Waals surface area (Å²) in [6.45, 7) is 2.72. The van der Waals surface area contributed by atoms with E-state index in [1.165, 1.54) is 0 Å². The summed E-state index contributed by atoms with van der Waals surface area (Å²) in [6, 6.07) is 26.8. The molecule has 152 valence electrons. The number of carbonyl (C=O) groups is 1. The Bertz CT molecular complexity index is 986. The van der Waals surface area contributed by atoms with Crippen molar-refractivity contribution < 1.29 is 9.53 Å². The topological polar surface area (TPSA) is 44.8 Å². The Morgan fingerprint density at radius 3 is 1.90 bits per heavy atom. The predicted octanol–water partition coefficient (Wildman–Crippen LogP) is 4.63. The molecule has 30 heavy (non-hydrogen) atoms. The normalized spacial score (nSPS) is 13.6. The zero-order chi connectivity index (χ0) is 20.8. The highest BCUT2D eigenvalue weighted by molar-refractivity contribution is 7.80. The molecule has 1 amide bonds. The van der Waals surface area contributed by atoms with Gasteiger partial charge in [-0.3, -0.25) is 4.79 Å². The standard InChI is InChI=1S/C24H23N3O2S/c28-23(19-7-3-1-4-8-19)26-15-17-27(18-16-26)24(30)25-20-11-13-22(14-12-20)29-21-9-5-2-6-10-21/h1-14H,15-18H2,(H,25,30). The van der Waals surface area contributed by atoms with Crippen LogP contribution in [0, 0.1) is 0 Å². The molecule has 3 aromatic rings. The number of rotatable bonds is 4. The van der Waals surface area contributed by atoms with Gasteiger partial charge in [0, 0.05) is 37.4 Å². The molecule has 0 spiro atoms. The number of ether oxygens (including phenoxy) is 1. The van der Waals surface area contributed by atoms with Crippen molar-refractivity contribution in [1.82, 2.24) is 9.80 Å². The number of piperazine rings is 1. The number of anilines is 1. The molecule has 1 N–H and O–H groups in total. The first-order chi connectivity index (χ1) is 14.7. The van der Waals surface area contributed by atoms with Crippen LogP contribution in [0.5, 0.6) is 11.5 Å². The van der Waals surface area contributed by atoms with Gasteiger partial charge in [0.25, 0.3) is 5.91 Å². The van der Waals surface area contributed by atoms with Crippen LogP contribution in [0.25, 0.3) is 0 Å². The van der Waals surface area contributed by atoms with Crippen molar-refractivity contribution in [3.63, 3.8) is 0 Å². The molecule has 0 radical (unpaired) electrons. The molecule has 6 heteroatoms. The fourth-order valence-electron chi connectivity index (χ4n) is 3.31. The largest absolute Gasteiger partial charge is 0.457 e. The predicted molar refractivity (Wildman–Crippen MR) is 123 cm³/mol. The third-order valence-corrected chi connectivity index (χ3v) is 5.32. The van der Waals surface area contributed by atoms with Gasteiger partial charge in [-0.1, -0.05) is 36.4 Å². The first-order valence-corrected chi connectivity index (χ1v) is 10.3. The van der Waals surface area contributed by atoms with Gasteiger partial charge in [-0.15, -0.1) is 0 Å². The first kappa shape index (κ1) is 19.9. The maximum Gasteiger partial charge on any atom is 0.253 e. The zero-order valence-electron chi connectivity index (χ0n) is 16.5. The average molecular weight is 418 g/mol. The molecule has 0 aromatic heterocycles. The number of para-hydroxylation sites is 1. The van der Waals surface area contributed by atoms with Crippen molar-refractivity contribution in [2.45, 2.75) is 0 Å². The van der Waals surface area contributed by atoms with Crippen LogP contribution in [0.4, 0.5) is 5.69 Å². The van der Waals surface area contributed by atoms with Gasteiger partial charge in [0.05, 0.1) is 0 Å². The van der Waals surface area contributed by atoms with Gasteiger partial charge in [-0.05, 0) is 60.7 Å². The second-order valence-corrected chi connectivity index (χ2v) is 7.40. The van der Waals surface area contributed by atoms with Gasteiger partial charge in [0.2, 0.25) is 0 Å². The van der Waals surface area contributed by atoms with Crippen molar-refractivity contribution in [3.8, 4) is 11.5 Å². The summed E-state index contributed by atoms with van der Waals surface area (Å²) >= 11 is 5.57. The van der Waals surface area contributed by atoms with E-state index in [1.807, 2.05) is 89.8 Å². The highest BCUT2D eigenvalue weighted by atomic mass is 32.1. The minimum Gasteiger partial charge on any atom is -0.457 e. The highest BCUT2D eigenvalue weighted by Crippen LogP contribution is 2.23. The van der Waals surface area contributed by atoms with Crippen LogP contribution >= 0.6 is 12.2 Å². The Hall–Kier alpha value is -3.38. The van der Waals surface area contributed by atoms with Crippen molar-refractivity contribution in [2.75, 3.05) is 31.5 Å². The lowest BCUT2D eigenvalue weighted by Crippen LogP contribution is -2.51. The number of thiocarbonyl (C=S) groups is 1. The quantitative estimate of drug-likeness (QED) is 0.627. The molecule has 0 unspecified atom stereocenters. The van der Waals surface area contributed by atoms with E-state index in [1.54, 1.807) is 0 Å². The Labute approximate surface area is 181 Å². The molecule has 1 fully saturated rings. The Kier molecular flexibility index (Phi) is 6.25. The summed E-state index contributed by atoms with van der Waals surface area (Å²) in [5.41, 5.74) is 1.63. The molecule has 5 nitrogen and oxygen atoms in total. The maximum absolute atomic E-state index is 12.6. The van der Waals surface area contributed by atoms with Crippen molar-refractivity contribution in [3.05, 3.63) is 90.5 Å². The monoisotopic (exact) mass is 417 g/mol. The molecule has 3 aromatic carbocycles. The lowest BCUT2D eigenvalue weighted by atomic mass is 10.2. The number of carbonyl (C=O) groups excluding carboxylic acids is 1. The van der Waals surface area contributed by atoms with E-state index in [9.17, 15) is 4.79 Å². The fraction of sp³-hybridized carbons (Fsp3) is 0.167. The van der Waals surface area contributed by atoms with E-state index in [4.69, 9.17) is 17.0 Å². The van der Waals surface area contributed by atoms with Crippen LogP contribution in [0.2, 0.25) is 0 Å². The molecule has 0 aliphatic carbocycles. The highest BCUT2D eigenvalue weighted by Gasteiger charge is 2.23. The Balaban J connectivity index is 1.28. The van der Waals surface area contributed by atoms with E-state index in [2.05, 4.69) is 10.2 Å². The van der Waals surface area contributed by atoms with Crippen LogP contribution in [-0.4, -0.2) is 47.0 Å². The third kappa shape index (κ3) is 4.96. The minimum atomic E-state index is 0.0723. The maximum atomic E-state index is 12.6. The zero-order valence-corrected chi connectivity index (χ0v) is 17.3. The van der Waals surface area contributed by atoms with E-state index in [0.717, 1.165) is 22.7 Å². The van der Waals surface area contributed by atoms with E-state index >= 15 is 0 Å². The number of hydrogen-bond acceptors (Lipinski definition) is 3. The lowest BCUT2D eigenvalue weighted by molar-refractivity contribution is 0.0693. The van der Waals surface area contributed by atoms with E-state index in [-0.39, 0.29) is 5.91 Å². The molecular weight excluding hydrogens is 394 g/mol. The summed E-state index contributed by atoms with van der Waals surface area (Å²) in [5.74, 6) is 1.64. The molecule has 1 aliphatic heterocycles. The van der Waals surface area contributed by atoms with Crippen LogP contribution in [0.3, 0.4) is 0 Å². The summed E-state index contributed by atoms with van der Waals surface area (Å²) in [6.07, 6.45) is 0. The smallest absolute Gasteiger partial charge is 0.253 e. The van der Waals surface area contributed by atoms with E-state index < -0.39 is 0 Å². The van der Waals surface area contributed by atoms with Gasteiger partial charge >= 0.3 is 0 Å². The second-order valence-electron chi connectivity index (χ2n) is 7.01. The summed E-state index contributed by atoms with van der Waals surface area (Å²) in [4.78, 5) is 16.6. The molecule has 1 aliphatic rings. The van der Waals surface area contributed by atoms with Gasteiger partial charge < -0.3 is 19.9 Å². The van der Waals surface area contributed by atoms with Crippen LogP contribution in [0.1, 0.15) is 10.4 Å². The van der Waals surface area contributed by atoms with E-state index in [0.29, 0.717) is 31.3 Å². The second kappa shape index (κ2) is 9.41. The van der Waals surface area contributed by atoms with Crippen LogP contribution in [-0.2, 0) is 0 Å². The Morgan fingerprint density at radius 2 is 1.27 bits per heavy atom. The molecule has 4 rings (SSSR count). The first-order valence-electron chi connectivity index (χ1n) is 9.92. The summed E-state index contributed by atoms with van der Waals surface area (Å²) in [5, 5.41) is 3.94. The van der Waals surface area contributed by atoms with Gasteiger partial charge in [0.15, 0.2) is 5.11 Å². The van der Waals surface area contributed by atoms with Gasteiger partial charge in [-0.25, -0.2) is 0 Å². The van der Waals surface area contributed by atoms with Crippen molar-refractivity contribution in [2.24, 2.45) is 0 Å². The molecule has 0 saturated carbocycles. The lowest BCUT2D eigenvalue weighted by Gasteiger charge is -2.36. The van der Waals surface area contributed by atoms with Crippen molar-refractivity contribution >= 4 is 28.9 Å². The van der Waals surface area contributed by atoms with Crippen LogP contribution in [0.15, 0.2) is 84.9 Å². The molecule has 1 saturated heterocycles. The average Bonchev–Trinajstić information content (AvgIpc) is 2.81. The molecule has 1 heterocycles. The Morgan fingerprint density at radius 1 is 0.733 bits per heavy atom. The molecule has 0 atom stereocenters. The third-order valence-electron chi connectivity index (χ3n) is 4.96. The number of benzene rings is 3. The molecule has 0 bridgehead atoms. The minimum absolute atomic E-state index is 0.0723. The fourth-order valence-corrected chi connectivity index (χ4v) is 3.61. The summed E-state index contributed by atoms with van der Waals surface area (Å²) < 4.78 is 5.82.